The molecule has 0 unspecified atom stereocenters. The van der Waals surface area contributed by atoms with E-state index in [1.54, 1.807) is 0 Å². The monoisotopic (exact) mass is 305 g/mol. The summed E-state index contributed by atoms with van der Waals surface area (Å²) in [7, 11) is 0. The van der Waals surface area contributed by atoms with Crippen molar-refractivity contribution in [1.29, 1.82) is 0 Å². The summed E-state index contributed by atoms with van der Waals surface area (Å²) in [5, 5.41) is 3.32. The second-order valence-corrected chi connectivity index (χ2v) is 5.65. The second-order valence-electron chi connectivity index (χ2n) is 5.65. The fraction of sp³-hybridized carbons (Fsp3) is 0.600. The largest absolute Gasteiger partial charge is 0.573 e. The number of alkyl halides is 3. The van der Waals surface area contributed by atoms with Crippen molar-refractivity contribution in [3.63, 3.8) is 0 Å². The van der Waals surface area contributed by atoms with Crippen LogP contribution < -0.4 is 14.8 Å². The zero-order valence-electron chi connectivity index (χ0n) is 12.6. The van der Waals surface area contributed by atoms with Gasteiger partial charge < -0.3 is 14.8 Å². The molecular formula is C15H22F3NO2. The fourth-order valence-electron chi connectivity index (χ4n) is 1.67. The number of nitrogens with one attached hydrogen (secondary N) is 1. The summed E-state index contributed by atoms with van der Waals surface area (Å²) in [6.07, 6.45) is -3.60. The topological polar surface area (TPSA) is 30.5 Å². The van der Waals surface area contributed by atoms with Crippen molar-refractivity contribution >= 4 is 0 Å². The molecule has 1 rings (SSSR count). The number of ether oxygens (including phenoxy) is 2. The summed E-state index contributed by atoms with van der Waals surface area (Å²) in [5.74, 6) is 0.270. The van der Waals surface area contributed by atoms with Crippen LogP contribution in [0.4, 0.5) is 13.2 Å². The molecule has 21 heavy (non-hydrogen) atoms. The number of hydrogen-bond acceptors (Lipinski definition) is 3. The van der Waals surface area contributed by atoms with Crippen molar-refractivity contribution in [2.24, 2.45) is 5.41 Å². The maximum absolute atomic E-state index is 12.0. The molecule has 0 aliphatic heterocycles. The van der Waals surface area contributed by atoms with Crippen LogP contribution in [0.15, 0.2) is 24.3 Å². The Morgan fingerprint density at radius 1 is 1.05 bits per heavy atom. The van der Waals surface area contributed by atoms with E-state index in [2.05, 4.69) is 30.8 Å². The van der Waals surface area contributed by atoms with E-state index in [0.29, 0.717) is 12.4 Å². The van der Waals surface area contributed by atoms with Gasteiger partial charge in [-0.05, 0) is 37.2 Å². The molecule has 0 aliphatic carbocycles. The van der Waals surface area contributed by atoms with Gasteiger partial charge in [0.1, 0.15) is 11.5 Å². The quantitative estimate of drug-likeness (QED) is 0.737. The van der Waals surface area contributed by atoms with Gasteiger partial charge in [0.05, 0.1) is 6.61 Å². The lowest BCUT2D eigenvalue weighted by atomic mass is 9.95. The van der Waals surface area contributed by atoms with Crippen molar-refractivity contribution in [2.75, 3.05) is 19.7 Å². The first kappa shape index (κ1) is 17.6. The molecular weight excluding hydrogens is 283 g/mol. The number of halogens is 3. The van der Waals surface area contributed by atoms with E-state index >= 15 is 0 Å². The predicted molar refractivity (Wildman–Crippen MR) is 75.6 cm³/mol. The van der Waals surface area contributed by atoms with Gasteiger partial charge in [-0.15, -0.1) is 13.2 Å². The van der Waals surface area contributed by atoms with E-state index in [0.717, 1.165) is 19.5 Å². The van der Waals surface area contributed by atoms with Crippen molar-refractivity contribution in [3.8, 4) is 11.5 Å². The molecule has 120 valence electrons. The molecule has 0 saturated heterocycles. The highest BCUT2D eigenvalue weighted by Gasteiger charge is 2.31. The zero-order valence-corrected chi connectivity index (χ0v) is 12.6. The van der Waals surface area contributed by atoms with Crippen LogP contribution in [0, 0.1) is 5.41 Å². The summed E-state index contributed by atoms with van der Waals surface area (Å²) in [5.41, 5.74) is -0.0592. The molecule has 0 atom stereocenters. The molecule has 0 bridgehead atoms. The van der Waals surface area contributed by atoms with Gasteiger partial charge in [-0.3, -0.25) is 0 Å². The number of benzene rings is 1. The second kappa shape index (κ2) is 7.54. The zero-order chi connectivity index (χ0) is 15.9. The Balaban J connectivity index is 2.45. The molecule has 1 N–H and O–H groups in total. The van der Waals surface area contributed by atoms with Gasteiger partial charge in [-0.2, -0.15) is 0 Å². The van der Waals surface area contributed by atoms with Crippen LogP contribution >= 0.6 is 0 Å². The highest BCUT2D eigenvalue weighted by atomic mass is 19.4. The summed E-state index contributed by atoms with van der Waals surface area (Å²) < 4.78 is 45.5. The first-order valence-electron chi connectivity index (χ1n) is 6.91. The molecule has 0 saturated carbocycles. The van der Waals surface area contributed by atoms with E-state index in [-0.39, 0.29) is 11.2 Å². The Labute approximate surface area is 123 Å². The average molecular weight is 305 g/mol. The maximum atomic E-state index is 12.0. The minimum absolute atomic E-state index is 0.0592. The van der Waals surface area contributed by atoms with Gasteiger partial charge in [-0.1, -0.05) is 20.8 Å². The lowest BCUT2D eigenvalue weighted by molar-refractivity contribution is -0.274. The summed E-state index contributed by atoms with van der Waals surface area (Å²) in [4.78, 5) is 0. The fourth-order valence-corrected chi connectivity index (χ4v) is 1.67. The van der Waals surface area contributed by atoms with Gasteiger partial charge in [0.2, 0.25) is 0 Å². The van der Waals surface area contributed by atoms with E-state index < -0.39 is 6.36 Å². The van der Waals surface area contributed by atoms with Crippen LogP contribution in [-0.2, 0) is 0 Å². The van der Waals surface area contributed by atoms with Crippen molar-refractivity contribution in [3.05, 3.63) is 24.3 Å². The smallest absolute Gasteiger partial charge is 0.493 e. The van der Waals surface area contributed by atoms with E-state index in [1.807, 2.05) is 0 Å². The van der Waals surface area contributed by atoms with Crippen LogP contribution in [0.3, 0.4) is 0 Å². The van der Waals surface area contributed by atoms with E-state index in [9.17, 15) is 13.2 Å². The predicted octanol–water partition coefficient (Wildman–Crippen LogP) is 3.99. The lowest BCUT2D eigenvalue weighted by Crippen LogP contribution is -2.34. The minimum Gasteiger partial charge on any atom is -0.493 e. The van der Waals surface area contributed by atoms with Crippen LogP contribution in [0.2, 0.25) is 0 Å². The molecule has 0 aliphatic rings. The lowest BCUT2D eigenvalue weighted by Gasteiger charge is -2.25. The molecule has 6 heteroatoms. The van der Waals surface area contributed by atoms with Gasteiger partial charge in [-0.25, -0.2) is 0 Å². The summed E-state index contributed by atoms with van der Waals surface area (Å²) >= 11 is 0. The number of rotatable bonds is 8. The first-order chi connectivity index (χ1) is 9.72. The van der Waals surface area contributed by atoms with Crippen LogP contribution in [-0.4, -0.2) is 26.1 Å². The van der Waals surface area contributed by atoms with Gasteiger partial charge in [0, 0.05) is 12.0 Å². The molecule has 1 aromatic carbocycles. The Kier molecular flexibility index (Phi) is 6.33. The molecule has 0 fully saturated rings. The normalized spacial score (nSPS) is 12.3. The van der Waals surface area contributed by atoms with Gasteiger partial charge in [0.15, 0.2) is 0 Å². The summed E-state index contributed by atoms with van der Waals surface area (Å²) in [6, 6.07) is 5.42. The van der Waals surface area contributed by atoms with Crippen LogP contribution in [0.25, 0.3) is 0 Å². The number of hydrogen-bond donors (Lipinski definition) is 1. The van der Waals surface area contributed by atoms with Crippen molar-refractivity contribution in [1.82, 2.24) is 5.32 Å². The van der Waals surface area contributed by atoms with Crippen LogP contribution in [0.5, 0.6) is 11.5 Å². The standard InChI is InChI=1S/C15H22F3NO2/c1-4-9-19-10-14(2,3)11-20-12-5-7-13(8-6-12)21-15(16,17)18/h5-8,19H,4,9-11H2,1-3H3. The molecule has 0 heterocycles. The SMILES string of the molecule is CCCNCC(C)(C)COc1ccc(OC(F)(F)F)cc1. The molecule has 1 aromatic rings. The minimum atomic E-state index is -4.67. The Morgan fingerprint density at radius 3 is 2.14 bits per heavy atom. The molecule has 3 nitrogen and oxygen atoms in total. The van der Waals surface area contributed by atoms with E-state index in [1.165, 1.54) is 24.3 Å². The molecule has 0 amide bonds. The Morgan fingerprint density at radius 2 is 1.62 bits per heavy atom. The van der Waals surface area contributed by atoms with Gasteiger partial charge >= 0.3 is 6.36 Å². The van der Waals surface area contributed by atoms with E-state index in [4.69, 9.17) is 4.74 Å². The Hall–Kier alpha value is -1.43. The Bertz CT molecular complexity index is 416. The molecule has 0 radical (unpaired) electrons. The molecule has 0 aromatic heterocycles. The average Bonchev–Trinajstić information content (AvgIpc) is 2.36. The highest BCUT2D eigenvalue weighted by Crippen LogP contribution is 2.25. The van der Waals surface area contributed by atoms with Crippen molar-refractivity contribution < 1.29 is 22.6 Å². The maximum Gasteiger partial charge on any atom is 0.573 e. The summed E-state index contributed by atoms with van der Waals surface area (Å²) in [6.45, 7) is 8.47. The third kappa shape index (κ3) is 7.80. The van der Waals surface area contributed by atoms with Crippen LogP contribution in [0.1, 0.15) is 27.2 Å². The van der Waals surface area contributed by atoms with Gasteiger partial charge in [0.25, 0.3) is 0 Å². The third-order valence-electron chi connectivity index (χ3n) is 2.72. The molecule has 0 spiro atoms. The first-order valence-corrected chi connectivity index (χ1v) is 6.91. The highest BCUT2D eigenvalue weighted by molar-refractivity contribution is 5.31. The van der Waals surface area contributed by atoms with Crippen molar-refractivity contribution in [2.45, 2.75) is 33.6 Å². The third-order valence-corrected chi connectivity index (χ3v) is 2.72.